The van der Waals surface area contributed by atoms with Crippen LogP contribution in [0.25, 0.3) is 0 Å². The van der Waals surface area contributed by atoms with E-state index in [-0.39, 0.29) is 5.91 Å². The molecule has 0 spiro atoms. The van der Waals surface area contributed by atoms with Crippen molar-refractivity contribution >= 4 is 11.8 Å². The summed E-state index contributed by atoms with van der Waals surface area (Å²) in [7, 11) is 0. The van der Waals surface area contributed by atoms with E-state index >= 15 is 0 Å². The molecule has 1 aliphatic rings. The zero-order chi connectivity index (χ0) is 16.7. The average Bonchev–Trinajstić information content (AvgIpc) is 2.82. The molecule has 1 heterocycles. The van der Waals surface area contributed by atoms with Gasteiger partial charge in [0, 0.05) is 18.2 Å². The van der Waals surface area contributed by atoms with Gasteiger partial charge in [0.15, 0.2) is 0 Å². The number of primary amides is 1. The summed E-state index contributed by atoms with van der Waals surface area (Å²) in [5, 5.41) is 3.40. The number of hydrogen-bond acceptors (Lipinski definition) is 3. The van der Waals surface area contributed by atoms with E-state index in [9.17, 15) is 9.59 Å². The molecule has 126 valence electrons. The number of nitrogens with one attached hydrogen (secondary N) is 1. The van der Waals surface area contributed by atoms with Crippen molar-refractivity contribution in [2.24, 2.45) is 5.73 Å². The third-order valence-electron chi connectivity index (χ3n) is 4.36. The van der Waals surface area contributed by atoms with Gasteiger partial charge in [-0.15, -0.1) is 0 Å². The molecular formula is C18H27N3O2. The van der Waals surface area contributed by atoms with Crippen LogP contribution >= 0.6 is 0 Å². The lowest BCUT2D eigenvalue weighted by atomic mass is 10.0. The van der Waals surface area contributed by atoms with Crippen molar-refractivity contribution in [1.82, 2.24) is 10.2 Å². The molecule has 3 N–H and O–H groups in total. The molecule has 1 atom stereocenters. The van der Waals surface area contributed by atoms with Crippen LogP contribution < -0.4 is 11.1 Å². The zero-order valence-corrected chi connectivity index (χ0v) is 13.9. The summed E-state index contributed by atoms with van der Waals surface area (Å²) < 4.78 is 0. The van der Waals surface area contributed by atoms with E-state index in [0.29, 0.717) is 18.0 Å². The van der Waals surface area contributed by atoms with Gasteiger partial charge >= 0.3 is 0 Å². The summed E-state index contributed by atoms with van der Waals surface area (Å²) in [5.74, 6) is -0.271. The molecule has 2 amide bonds. The molecule has 23 heavy (non-hydrogen) atoms. The van der Waals surface area contributed by atoms with Gasteiger partial charge in [0.25, 0.3) is 0 Å². The van der Waals surface area contributed by atoms with Crippen molar-refractivity contribution in [2.45, 2.75) is 45.1 Å². The van der Waals surface area contributed by atoms with Crippen molar-refractivity contribution in [1.29, 1.82) is 0 Å². The molecule has 1 aromatic rings. The SMILES string of the molecule is CCCN(C(=O)Cc1ccc(C(N)=O)cc1)C1CCCNCC1. The largest absolute Gasteiger partial charge is 0.366 e. The highest BCUT2D eigenvalue weighted by Gasteiger charge is 2.23. The van der Waals surface area contributed by atoms with Gasteiger partial charge in [-0.05, 0) is 56.5 Å². The second-order valence-electron chi connectivity index (χ2n) is 6.16. The van der Waals surface area contributed by atoms with Crippen LogP contribution in [0.3, 0.4) is 0 Å². The number of carbonyl (C=O) groups excluding carboxylic acids is 2. The molecular weight excluding hydrogens is 290 g/mol. The number of nitrogens with two attached hydrogens (primary N) is 1. The van der Waals surface area contributed by atoms with Gasteiger partial charge < -0.3 is 16.0 Å². The van der Waals surface area contributed by atoms with Gasteiger partial charge in [-0.25, -0.2) is 0 Å². The fraction of sp³-hybridized carbons (Fsp3) is 0.556. The van der Waals surface area contributed by atoms with E-state index in [1.165, 1.54) is 0 Å². The Kier molecular flexibility index (Phi) is 6.59. The topological polar surface area (TPSA) is 75.4 Å². The highest BCUT2D eigenvalue weighted by Crippen LogP contribution is 2.16. The molecule has 0 radical (unpaired) electrons. The van der Waals surface area contributed by atoms with E-state index < -0.39 is 5.91 Å². The van der Waals surface area contributed by atoms with Crippen molar-refractivity contribution in [3.8, 4) is 0 Å². The Balaban J connectivity index is 2.03. The molecule has 1 saturated heterocycles. The fourth-order valence-corrected chi connectivity index (χ4v) is 3.13. The minimum atomic E-state index is -0.443. The third-order valence-corrected chi connectivity index (χ3v) is 4.36. The monoisotopic (exact) mass is 317 g/mol. The second-order valence-corrected chi connectivity index (χ2v) is 6.16. The Morgan fingerprint density at radius 2 is 1.96 bits per heavy atom. The molecule has 5 nitrogen and oxygen atoms in total. The maximum Gasteiger partial charge on any atom is 0.248 e. The lowest BCUT2D eigenvalue weighted by Gasteiger charge is -2.31. The standard InChI is InChI=1S/C18H27N3O2/c1-2-12-21(16-4-3-10-20-11-9-16)17(22)13-14-5-7-15(8-6-14)18(19)23/h5-8,16,20H,2-4,9-13H2,1H3,(H2,19,23). The van der Waals surface area contributed by atoms with Gasteiger partial charge in [-0.3, -0.25) is 9.59 Å². The van der Waals surface area contributed by atoms with Crippen molar-refractivity contribution in [2.75, 3.05) is 19.6 Å². The number of nitrogens with zero attached hydrogens (tertiary/aromatic N) is 1. The summed E-state index contributed by atoms with van der Waals surface area (Å²) in [6.45, 7) is 4.93. The fourth-order valence-electron chi connectivity index (χ4n) is 3.13. The van der Waals surface area contributed by atoms with Crippen LogP contribution in [-0.4, -0.2) is 42.4 Å². The van der Waals surface area contributed by atoms with Gasteiger partial charge in [-0.2, -0.15) is 0 Å². The Labute approximate surface area is 138 Å². The highest BCUT2D eigenvalue weighted by molar-refractivity contribution is 5.92. The number of carbonyl (C=O) groups is 2. The molecule has 0 saturated carbocycles. The normalized spacial score (nSPS) is 18.2. The first-order valence-corrected chi connectivity index (χ1v) is 8.50. The average molecular weight is 317 g/mol. The Morgan fingerprint density at radius 3 is 2.61 bits per heavy atom. The molecule has 0 bridgehead atoms. The van der Waals surface area contributed by atoms with Crippen LogP contribution in [0.5, 0.6) is 0 Å². The molecule has 0 aromatic heterocycles. The van der Waals surface area contributed by atoms with Crippen LogP contribution in [0.1, 0.15) is 48.5 Å². The van der Waals surface area contributed by atoms with Crippen LogP contribution in [0.4, 0.5) is 0 Å². The van der Waals surface area contributed by atoms with Gasteiger partial charge in [0.2, 0.25) is 11.8 Å². The van der Waals surface area contributed by atoms with E-state index in [1.54, 1.807) is 12.1 Å². The van der Waals surface area contributed by atoms with Crippen LogP contribution in [0.15, 0.2) is 24.3 Å². The van der Waals surface area contributed by atoms with E-state index in [0.717, 1.165) is 50.9 Å². The molecule has 1 aliphatic heterocycles. The quantitative estimate of drug-likeness (QED) is 0.838. The van der Waals surface area contributed by atoms with Crippen molar-refractivity contribution in [3.63, 3.8) is 0 Å². The van der Waals surface area contributed by atoms with Crippen LogP contribution in [0, 0.1) is 0 Å². The lowest BCUT2D eigenvalue weighted by molar-refractivity contribution is -0.133. The smallest absolute Gasteiger partial charge is 0.248 e. The molecule has 5 heteroatoms. The maximum absolute atomic E-state index is 12.7. The summed E-state index contributed by atoms with van der Waals surface area (Å²) in [6.07, 6.45) is 4.55. The van der Waals surface area contributed by atoms with Crippen LogP contribution in [-0.2, 0) is 11.2 Å². The summed E-state index contributed by atoms with van der Waals surface area (Å²) in [4.78, 5) is 25.9. The van der Waals surface area contributed by atoms with Gasteiger partial charge in [0.05, 0.1) is 6.42 Å². The van der Waals surface area contributed by atoms with E-state index in [2.05, 4.69) is 17.1 Å². The van der Waals surface area contributed by atoms with Crippen molar-refractivity contribution in [3.05, 3.63) is 35.4 Å². The molecule has 1 fully saturated rings. The van der Waals surface area contributed by atoms with Crippen LogP contribution in [0.2, 0.25) is 0 Å². The minimum Gasteiger partial charge on any atom is -0.366 e. The van der Waals surface area contributed by atoms with Crippen molar-refractivity contribution < 1.29 is 9.59 Å². The van der Waals surface area contributed by atoms with E-state index in [4.69, 9.17) is 5.73 Å². The first-order valence-electron chi connectivity index (χ1n) is 8.50. The summed E-state index contributed by atoms with van der Waals surface area (Å²) >= 11 is 0. The number of amides is 2. The summed E-state index contributed by atoms with van der Waals surface area (Å²) in [6, 6.07) is 7.34. The summed E-state index contributed by atoms with van der Waals surface area (Å²) in [5.41, 5.74) is 6.64. The number of rotatable bonds is 6. The predicted molar refractivity (Wildman–Crippen MR) is 91.2 cm³/mol. The minimum absolute atomic E-state index is 0.172. The van der Waals surface area contributed by atoms with Gasteiger partial charge in [0.1, 0.15) is 0 Å². The van der Waals surface area contributed by atoms with E-state index in [1.807, 2.05) is 12.1 Å². The first kappa shape index (κ1) is 17.5. The first-order chi connectivity index (χ1) is 11.1. The number of hydrogen-bond donors (Lipinski definition) is 2. The predicted octanol–water partition coefficient (Wildman–Crippen LogP) is 1.71. The lowest BCUT2D eigenvalue weighted by Crippen LogP contribution is -2.42. The second kappa shape index (κ2) is 8.67. The molecule has 0 aliphatic carbocycles. The molecule has 1 aromatic carbocycles. The Hall–Kier alpha value is -1.88. The maximum atomic E-state index is 12.7. The highest BCUT2D eigenvalue weighted by atomic mass is 16.2. The van der Waals surface area contributed by atoms with Gasteiger partial charge in [-0.1, -0.05) is 19.1 Å². The number of benzene rings is 1. The molecule has 1 unspecified atom stereocenters. The Morgan fingerprint density at radius 1 is 1.22 bits per heavy atom. The Bertz CT molecular complexity index is 520. The molecule has 2 rings (SSSR count). The third kappa shape index (κ3) is 5.06. The zero-order valence-electron chi connectivity index (χ0n) is 13.9.